The Kier molecular flexibility index (Phi) is 6.26. The van der Waals surface area contributed by atoms with Crippen molar-refractivity contribution in [3.63, 3.8) is 0 Å². The van der Waals surface area contributed by atoms with E-state index in [1.54, 1.807) is 0 Å². The van der Waals surface area contributed by atoms with Crippen LogP contribution in [0.5, 0.6) is 17.2 Å². The largest absolute Gasteiger partial charge is 0.496 e. The summed E-state index contributed by atoms with van der Waals surface area (Å²) < 4.78 is 70.4. The van der Waals surface area contributed by atoms with Crippen molar-refractivity contribution in [3.05, 3.63) is 17.7 Å². The van der Waals surface area contributed by atoms with Crippen LogP contribution in [-0.2, 0) is 11.0 Å². The van der Waals surface area contributed by atoms with Crippen molar-refractivity contribution in [2.24, 2.45) is 4.40 Å². The minimum atomic E-state index is -4.85. The minimum absolute atomic E-state index is 0.145. The van der Waals surface area contributed by atoms with Gasteiger partial charge in [-0.3, -0.25) is 0 Å². The van der Waals surface area contributed by atoms with Crippen LogP contribution in [-0.4, -0.2) is 42.2 Å². The van der Waals surface area contributed by atoms with Crippen molar-refractivity contribution in [1.82, 2.24) is 0 Å². The number of rotatable bonds is 5. The summed E-state index contributed by atoms with van der Waals surface area (Å²) in [5.41, 5.74) is -1.75. The number of hydrogen-bond acceptors (Lipinski definition) is 4. The van der Waals surface area contributed by atoms with E-state index in [1.165, 1.54) is 54.2 Å². The lowest BCUT2D eigenvalue weighted by Crippen LogP contribution is -2.29. The maximum absolute atomic E-state index is 13.6. The molecule has 0 bridgehead atoms. The van der Waals surface area contributed by atoms with Crippen LogP contribution in [0.4, 0.5) is 13.2 Å². The van der Waals surface area contributed by atoms with Crippen LogP contribution in [0.15, 0.2) is 16.5 Å². The molecule has 9 heteroatoms. The Bertz CT molecular complexity index is 626. The number of hydrogen-bond donors (Lipinski definition) is 0. The van der Waals surface area contributed by atoms with Crippen LogP contribution in [0, 0.1) is 0 Å². The van der Waals surface area contributed by atoms with Crippen molar-refractivity contribution in [2.75, 3.05) is 21.3 Å². The van der Waals surface area contributed by atoms with Crippen molar-refractivity contribution in [3.8, 4) is 17.2 Å². The van der Waals surface area contributed by atoms with Crippen LogP contribution in [0.3, 0.4) is 0 Å². The molecule has 1 unspecified atom stereocenters. The van der Waals surface area contributed by atoms with Gasteiger partial charge in [0.1, 0.15) is 28.2 Å². The summed E-state index contributed by atoms with van der Waals surface area (Å²) in [7, 11) is 1.68. The molecule has 0 heterocycles. The first-order chi connectivity index (χ1) is 11.0. The zero-order valence-electron chi connectivity index (χ0n) is 14.3. The normalized spacial score (nSPS) is 14.3. The van der Waals surface area contributed by atoms with E-state index in [-0.39, 0.29) is 17.2 Å². The number of ether oxygens (including phenoxy) is 3. The SMILES string of the molecule is COc1cc(OC)c(/C(=N/S(=O)C(C)(C)C)C(F)(F)F)c(OC)c1. The zero-order chi connectivity index (χ0) is 18.7. The average Bonchev–Trinajstić information content (AvgIpc) is 2.48. The van der Waals surface area contributed by atoms with Crippen LogP contribution in [0.2, 0.25) is 0 Å². The van der Waals surface area contributed by atoms with E-state index >= 15 is 0 Å². The Hall–Kier alpha value is -1.77. The first-order valence-electron chi connectivity index (χ1n) is 6.84. The molecule has 0 aliphatic heterocycles. The fraction of sp³-hybridized carbons (Fsp3) is 0.533. The third-order valence-electron chi connectivity index (χ3n) is 2.92. The van der Waals surface area contributed by atoms with E-state index in [9.17, 15) is 17.4 Å². The van der Waals surface area contributed by atoms with Gasteiger partial charge >= 0.3 is 6.18 Å². The Balaban J connectivity index is 3.72. The molecule has 0 N–H and O–H groups in total. The topological polar surface area (TPSA) is 57.1 Å². The van der Waals surface area contributed by atoms with Gasteiger partial charge in [-0.05, 0) is 20.8 Å². The van der Waals surface area contributed by atoms with Crippen LogP contribution < -0.4 is 14.2 Å². The first kappa shape index (κ1) is 20.3. The van der Waals surface area contributed by atoms with Gasteiger partial charge in [-0.15, -0.1) is 0 Å². The summed E-state index contributed by atoms with van der Waals surface area (Å²) in [6, 6.07) is 2.55. The highest BCUT2D eigenvalue weighted by atomic mass is 32.2. The van der Waals surface area contributed by atoms with Crippen molar-refractivity contribution >= 4 is 16.7 Å². The number of methoxy groups -OCH3 is 3. The summed E-state index contributed by atoms with van der Waals surface area (Å²) in [4.78, 5) is 0. The maximum atomic E-state index is 13.6. The van der Waals surface area contributed by atoms with E-state index in [0.29, 0.717) is 0 Å². The Morgan fingerprint density at radius 3 is 1.75 bits per heavy atom. The second kappa shape index (κ2) is 7.42. The lowest BCUT2D eigenvalue weighted by Gasteiger charge is -2.20. The molecule has 5 nitrogen and oxygen atoms in total. The predicted molar refractivity (Wildman–Crippen MR) is 86.6 cm³/mol. The molecular weight excluding hydrogens is 347 g/mol. The molecule has 1 rings (SSSR count). The Morgan fingerprint density at radius 2 is 1.46 bits per heavy atom. The smallest absolute Gasteiger partial charge is 0.434 e. The Morgan fingerprint density at radius 1 is 1.00 bits per heavy atom. The van der Waals surface area contributed by atoms with Gasteiger partial charge in [0.05, 0.1) is 31.6 Å². The molecule has 0 saturated heterocycles. The standard InChI is InChI=1S/C15H20F3NO4S/c1-14(2,3)24(20)19-13(15(16,17)18)12-10(22-5)7-9(21-4)8-11(12)23-6/h7-8H,1-6H3/b19-13-. The molecule has 1 atom stereocenters. The van der Waals surface area contributed by atoms with E-state index in [0.717, 1.165) is 0 Å². The van der Waals surface area contributed by atoms with Gasteiger partial charge in [0.25, 0.3) is 0 Å². The second-order valence-electron chi connectivity index (χ2n) is 5.71. The van der Waals surface area contributed by atoms with Gasteiger partial charge in [-0.1, -0.05) is 0 Å². The van der Waals surface area contributed by atoms with Gasteiger partial charge in [0.15, 0.2) is 5.71 Å². The maximum Gasteiger partial charge on any atom is 0.434 e. The molecule has 0 aromatic heterocycles. The highest BCUT2D eigenvalue weighted by Gasteiger charge is 2.42. The fourth-order valence-corrected chi connectivity index (χ4v) is 2.33. The van der Waals surface area contributed by atoms with Gasteiger partial charge < -0.3 is 14.2 Å². The Labute approximate surface area is 141 Å². The predicted octanol–water partition coefficient (Wildman–Crippen LogP) is 3.53. The molecule has 0 saturated carbocycles. The van der Waals surface area contributed by atoms with Crippen LogP contribution in [0.25, 0.3) is 0 Å². The molecule has 1 aromatic carbocycles. The number of halogens is 3. The lowest BCUT2D eigenvalue weighted by atomic mass is 10.1. The number of benzene rings is 1. The molecule has 136 valence electrons. The second-order valence-corrected chi connectivity index (χ2v) is 7.61. The zero-order valence-corrected chi connectivity index (χ0v) is 15.1. The quantitative estimate of drug-likeness (QED) is 0.747. The molecule has 1 aromatic rings. The van der Waals surface area contributed by atoms with E-state index in [2.05, 4.69) is 4.40 Å². The van der Waals surface area contributed by atoms with Gasteiger partial charge in [0, 0.05) is 12.1 Å². The summed E-state index contributed by atoms with van der Waals surface area (Å²) in [5.74, 6) is -0.0349. The van der Waals surface area contributed by atoms with Crippen LogP contribution in [0.1, 0.15) is 26.3 Å². The fourth-order valence-electron chi connectivity index (χ4n) is 1.70. The molecule has 0 amide bonds. The molecule has 0 aliphatic carbocycles. The van der Waals surface area contributed by atoms with Crippen molar-refractivity contribution in [2.45, 2.75) is 31.7 Å². The number of nitrogens with zero attached hydrogens (tertiary/aromatic N) is 1. The molecule has 0 radical (unpaired) electrons. The minimum Gasteiger partial charge on any atom is -0.496 e. The molecule has 0 spiro atoms. The highest BCUT2D eigenvalue weighted by molar-refractivity contribution is 7.85. The average molecular weight is 367 g/mol. The highest BCUT2D eigenvalue weighted by Crippen LogP contribution is 2.39. The van der Waals surface area contributed by atoms with E-state index in [4.69, 9.17) is 14.2 Å². The summed E-state index contributed by atoms with van der Waals surface area (Å²) in [6.07, 6.45) is -4.85. The van der Waals surface area contributed by atoms with Gasteiger partial charge in [-0.2, -0.15) is 17.6 Å². The lowest BCUT2D eigenvalue weighted by molar-refractivity contribution is -0.0580. The van der Waals surface area contributed by atoms with Crippen LogP contribution >= 0.6 is 0 Å². The number of alkyl halides is 3. The first-order valence-corrected chi connectivity index (χ1v) is 7.94. The van der Waals surface area contributed by atoms with Crippen molar-refractivity contribution in [1.29, 1.82) is 0 Å². The monoisotopic (exact) mass is 367 g/mol. The summed E-state index contributed by atoms with van der Waals surface area (Å²) in [6.45, 7) is 4.59. The molecular formula is C15H20F3NO4S. The van der Waals surface area contributed by atoms with Gasteiger partial charge in [-0.25, -0.2) is 4.21 Å². The molecule has 0 fully saturated rings. The third-order valence-corrected chi connectivity index (χ3v) is 4.31. The summed E-state index contributed by atoms with van der Waals surface area (Å²) >= 11 is 0. The van der Waals surface area contributed by atoms with E-state index in [1.807, 2.05) is 0 Å². The van der Waals surface area contributed by atoms with E-state index < -0.39 is 33.2 Å². The van der Waals surface area contributed by atoms with Crippen molar-refractivity contribution < 1.29 is 31.6 Å². The third kappa shape index (κ3) is 4.62. The summed E-state index contributed by atoms with van der Waals surface area (Å²) in [5, 5.41) is 0. The molecule has 0 aliphatic rings. The molecule has 24 heavy (non-hydrogen) atoms. The van der Waals surface area contributed by atoms with Gasteiger partial charge in [0.2, 0.25) is 0 Å².